The van der Waals surface area contributed by atoms with Gasteiger partial charge in [0.05, 0.1) is 10.7 Å². The highest BCUT2D eigenvalue weighted by Gasteiger charge is 2.23. The predicted molar refractivity (Wildman–Crippen MR) is 80.4 cm³/mol. The molecule has 0 bridgehead atoms. The molecule has 6 heteroatoms. The average Bonchev–Trinajstić information content (AvgIpc) is 3.15. The second-order valence-electron chi connectivity index (χ2n) is 5.00. The zero-order valence-electron chi connectivity index (χ0n) is 11.4. The van der Waals surface area contributed by atoms with Gasteiger partial charge in [-0.05, 0) is 37.7 Å². The molecule has 1 aromatic rings. The minimum absolute atomic E-state index is 0.492. The van der Waals surface area contributed by atoms with Crippen LogP contribution in [-0.2, 0) is 0 Å². The van der Waals surface area contributed by atoms with E-state index in [1.54, 1.807) is 6.20 Å². The van der Waals surface area contributed by atoms with E-state index in [4.69, 9.17) is 0 Å². The summed E-state index contributed by atoms with van der Waals surface area (Å²) in [5.41, 5.74) is 3.22. The maximum Gasteiger partial charge on any atom is 0.223 e. The molecule has 1 aliphatic carbocycles. The van der Waals surface area contributed by atoms with Crippen LogP contribution in [0.1, 0.15) is 31.0 Å². The fourth-order valence-electron chi connectivity index (χ4n) is 1.89. The molecule has 0 spiro atoms. The van der Waals surface area contributed by atoms with E-state index in [2.05, 4.69) is 26.7 Å². The minimum Gasteiger partial charge on any atom is -0.352 e. The third-order valence-corrected chi connectivity index (χ3v) is 4.14. The Morgan fingerprint density at radius 1 is 1.50 bits per heavy atom. The Bertz CT molecular complexity index is 652. The molecule has 0 aromatic carbocycles. The molecule has 2 aliphatic rings. The molecule has 1 fully saturated rings. The maximum absolute atomic E-state index is 9.47. The van der Waals surface area contributed by atoms with E-state index in [1.807, 2.05) is 19.3 Å². The van der Waals surface area contributed by atoms with Crippen LogP contribution >= 0.6 is 11.8 Å². The number of allylic oxidation sites excluding steroid dienone is 2. The van der Waals surface area contributed by atoms with Crippen LogP contribution in [0, 0.1) is 18.3 Å². The second-order valence-corrected chi connectivity index (χ2v) is 5.88. The SMILES string of the molecule is CC1=CSC(=C(C#N)c2nc(NC3CC3)ncc2C)N1. The van der Waals surface area contributed by atoms with E-state index in [0.29, 0.717) is 23.3 Å². The van der Waals surface area contributed by atoms with Crippen molar-refractivity contribution in [2.45, 2.75) is 32.7 Å². The number of hydrogen-bond acceptors (Lipinski definition) is 6. The Labute approximate surface area is 122 Å². The molecule has 1 saturated carbocycles. The first-order chi connectivity index (χ1) is 9.67. The van der Waals surface area contributed by atoms with Gasteiger partial charge in [0.2, 0.25) is 5.95 Å². The van der Waals surface area contributed by atoms with E-state index < -0.39 is 0 Å². The van der Waals surface area contributed by atoms with Crippen LogP contribution in [0.15, 0.2) is 22.3 Å². The molecule has 0 atom stereocenters. The first-order valence-electron chi connectivity index (χ1n) is 6.52. The summed E-state index contributed by atoms with van der Waals surface area (Å²) >= 11 is 1.52. The molecule has 20 heavy (non-hydrogen) atoms. The molecule has 0 saturated heterocycles. The van der Waals surface area contributed by atoms with Crippen LogP contribution in [0.5, 0.6) is 0 Å². The molecule has 1 aliphatic heterocycles. The van der Waals surface area contributed by atoms with Gasteiger partial charge in [-0.1, -0.05) is 11.8 Å². The highest BCUT2D eigenvalue weighted by Crippen LogP contribution is 2.32. The summed E-state index contributed by atoms with van der Waals surface area (Å²) in [6.45, 7) is 3.90. The standard InChI is InChI=1S/C14H15N5S/c1-8-6-16-14(18-10-3-4-10)19-12(8)11(5-15)13-17-9(2)7-20-13/h6-7,10,17H,3-4H2,1-2H3,(H,16,18,19). The first-order valence-corrected chi connectivity index (χ1v) is 7.40. The van der Waals surface area contributed by atoms with Gasteiger partial charge in [-0.3, -0.25) is 0 Å². The van der Waals surface area contributed by atoms with E-state index in [0.717, 1.165) is 16.3 Å². The lowest BCUT2D eigenvalue weighted by molar-refractivity contribution is 1.02. The van der Waals surface area contributed by atoms with Crippen LogP contribution in [0.4, 0.5) is 5.95 Å². The van der Waals surface area contributed by atoms with Crippen molar-refractivity contribution in [3.63, 3.8) is 0 Å². The van der Waals surface area contributed by atoms with Crippen molar-refractivity contribution < 1.29 is 0 Å². The Balaban J connectivity index is 1.96. The number of aromatic nitrogens is 2. The lowest BCUT2D eigenvalue weighted by Gasteiger charge is -2.09. The second kappa shape index (κ2) is 5.17. The Morgan fingerprint density at radius 2 is 2.30 bits per heavy atom. The van der Waals surface area contributed by atoms with Gasteiger partial charge < -0.3 is 10.6 Å². The van der Waals surface area contributed by atoms with E-state index in [1.165, 1.54) is 24.6 Å². The molecular formula is C14H15N5S. The molecule has 0 unspecified atom stereocenters. The molecule has 2 heterocycles. The maximum atomic E-state index is 9.47. The van der Waals surface area contributed by atoms with E-state index in [9.17, 15) is 5.26 Å². The summed E-state index contributed by atoms with van der Waals surface area (Å²) in [5, 5.41) is 18.8. The summed E-state index contributed by atoms with van der Waals surface area (Å²) in [6.07, 6.45) is 4.10. The monoisotopic (exact) mass is 285 g/mol. The number of nitriles is 1. The fourth-order valence-corrected chi connectivity index (χ4v) is 2.73. The number of anilines is 1. The molecule has 5 nitrogen and oxygen atoms in total. The van der Waals surface area contributed by atoms with Crippen molar-refractivity contribution in [3.8, 4) is 6.07 Å². The van der Waals surface area contributed by atoms with Crippen LogP contribution in [0.3, 0.4) is 0 Å². The lowest BCUT2D eigenvalue weighted by atomic mass is 10.1. The van der Waals surface area contributed by atoms with E-state index >= 15 is 0 Å². The van der Waals surface area contributed by atoms with Gasteiger partial charge in [-0.25, -0.2) is 9.97 Å². The number of rotatable bonds is 3. The highest BCUT2D eigenvalue weighted by atomic mass is 32.2. The molecule has 2 N–H and O–H groups in total. The van der Waals surface area contributed by atoms with E-state index in [-0.39, 0.29) is 0 Å². The van der Waals surface area contributed by atoms with Gasteiger partial charge in [0.15, 0.2) is 0 Å². The number of nitrogens with one attached hydrogen (secondary N) is 2. The molecule has 0 radical (unpaired) electrons. The van der Waals surface area contributed by atoms with Gasteiger partial charge in [-0.15, -0.1) is 0 Å². The van der Waals surface area contributed by atoms with Crippen molar-refractivity contribution in [1.82, 2.24) is 15.3 Å². The third kappa shape index (κ3) is 2.63. The summed E-state index contributed by atoms with van der Waals surface area (Å²) in [6, 6.07) is 2.76. The summed E-state index contributed by atoms with van der Waals surface area (Å²) in [7, 11) is 0. The minimum atomic E-state index is 0.492. The zero-order valence-corrected chi connectivity index (χ0v) is 12.2. The average molecular weight is 285 g/mol. The van der Waals surface area contributed by atoms with Crippen molar-refractivity contribution in [2.75, 3.05) is 5.32 Å². The molecule has 102 valence electrons. The van der Waals surface area contributed by atoms with Gasteiger partial charge in [-0.2, -0.15) is 5.26 Å². The normalized spacial score (nSPS) is 19.9. The largest absolute Gasteiger partial charge is 0.352 e. The quantitative estimate of drug-likeness (QED) is 0.832. The Hall–Kier alpha value is -2.00. The third-order valence-electron chi connectivity index (χ3n) is 3.12. The predicted octanol–water partition coefficient (Wildman–Crippen LogP) is 2.75. The number of thioether (sulfide) groups is 1. The molecular weight excluding hydrogens is 270 g/mol. The summed E-state index contributed by atoms with van der Waals surface area (Å²) in [5.74, 6) is 0.606. The molecule has 1 aromatic heterocycles. The first kappa shape index (κ1) is 13.0. The van der Waals surface area contributed by atoms with Crippen molar-refractivity contribution >= 4 is 23.3 Å². The summed E-state index contributed by atoms with van der Waals surface area (Å²) < 4.78 is 0. The van der Waals surface area contributed by atoms with Crippen molar-refractivity contribution in [2.24, 2.45) is 0 Å². The van der Waals surface area contributed by atoms with Crippen LogP contribution in [0.2, 0.25) is 0 Å². The fraction of sp³-hybridized carbons (Fsp3) is 0.357. The lowest BCUT2D eigenvalue weighted by Crippen LogP contribution is -2.10. The van der Waals surface area contributed by atoms with Crippen molar-refractivity contribution in [3.05, 3.63) is 33.6 Å². The van der Waals surface area contributed by atoms with Crippen LogP contribution in [-0.4, -0.2) is 16.0 Å². The molecule has 0 amide bonds. The van der Waals surface area contributed by atoms with Gasteiger partial charge >= 0.3 is 0 Å². The zero-order chi connectivity index (χ0) is 14.1. The number of nitrogens with zero attached hydrogens (tertiary/aromatic N) is 3. The highest BCUT2D eigenvalue weighted by molar-refractivity contribution is 8.06. The Kier molecular flexibility index (Phi) is 3.36. The van der Waals surface area contributed by atoms with Gasteiger partial charge in [0, 0.05) is 17.9 Å². The van der Waals surface area contributed by atoms with Crippen molar-refractivity contribution in [1.29, 1.82) is 5.26 Å². The number of aryl methyl sites for hydroxylation is 1. The Morgan fingerprint density at radius 3 is 2.90 bits per heavy atom. The van der Waals surface area contributed by atoms with Gasteiger partial charge in [0.25, 0.3) is 0 Å². The smallest absolute Gasteiger partial charge is 0.223 e. The van der Waals surface area contributed by atoms with Crippen LogP contribution in [0.25, 0.3) is 5.57 Å². The van der Waals surface area contributed by atoms with Gasteiger partial charge in [0.1, 0.15) is 11.6 Å². The van der Waals surface area contributed by atoms with Crippen LogP contribution < -0.4 is 10.6 Å². The summed E-state index contributed by atoms with van der Waals surface area (Å²) in [4.78, 5) is 8.80. The number of hydrogen-bond donors (Lipinski definition) is 2. The molecule has 3 rings (SSSR count). The topological polar surface area (TPSA) is 73.6 Å².